The molecule has 0 spiro atoms. The minimum atomic E-state index is -2.30. The lowest BCUT2D eigenvalue weighted by Crippen LogP contribution is -2.31. The van der Waals surface area contributed by atoms with Gasteiger partial charge in [-0.15, -0.1) is 0 Å². The van der Waals surface area contributed by atoms with E-state index >= 15 is 0 Å². The van der Waals surface area contributed by atoms with Crippen LogP contribution in [-0.2, 0) is 4.79 Å². The highest BCUT2D eigenvalue weighted by molar-refractivity contribution is 5.72. The molecule has 1 unspecified atom stereocenters. The number of nitrogens with two attached hydrogens (primary N) is 1. The van der Waals surface area contributed by atoms with Crippen molar-refractivity contribution in [2.24, 2.45) is 11.7 Å². The normalized spacial score (nSPS) is 24.6. The van der Waals surface area contributed by atoms with E-state index in [-0.39, 0.29) is 13.3 Å². The first-order valence-corrected chi connectivity index (χ1v) is 2.56. The summed E-state index contributed by atoms with van der Waals surface area (Å²) in [5.74, 6) is -2.19. The fraction of sp³-hybridized carbons (Fsp3) is 0.833. The summed E-state index contributed by atoms with van der Waals surface area (Å²) in [5.41, 5.74) is 5.16. The highest BCUT2D eigenvalue weighted by Gasteiger charge is 2.11. The molecule has 0 saturated carbocycles. The highest BCUT2D eigenvalue weighted by atomic mass is 16.4. The Hall–Kier alpha value is -0.570. The van der Waals surface area contributed by atoms with Gasteiger partial charge in [0.05, 0.1) is 0 Å². The third-order valence-corrected chi connectivity index (χ3v) is 0.856. The second kappa shape index (κ2) is 3.45. The largest absolute Gasteiger partial charge is 0.480 e. The van der Waals surface area contributed by atoms with E-state index in [9.17, 15) is 4.79 Å². The van der Waals surface area contributed by atoms with Crippen molar-refractivity contribution < 1.29 is 15.4 Å². The first kappa shape index (κ1) is 3.56. The van der Waals surface area contributed by atoms with E-state index in [1.807, 2.05) is 0 Å². The van der Waals surface area contributed by atoms with Crippen molar-refractivity contribution in [1.82, 2.24) is 0 Å². The van der Waals surface area contributed by atoms with Crippen molar-refractivity contribution in [3.8, 4) is 0 Å². The average molecular weight is 135 g/mol. The van der Waals surface area contributed by atoms with E-state index < -0.39 is 24.8 Å². The summed E-state index contributed by atoms with van der Waals surface area (Å²) in [4.78, 5) is 10.3. The van der Waals surface area contributed by atoms with Crippen LogP contribution < -0.4 is 5.73 Å². The molecule has 0 heterocycles. The quantitative estimate of drug-likeness (QED) is 0.590. The molecule has 0 bridgehead atoms. The van der Waals surface area contributed by atoms with Crippen LogP contribution in [0, 0.1) is 5.92 Å². The van der Waals surface area contributed by atoms with Crippen LogP contribution in [0.4, 0.5) is 0 Å². The van der Waals surface area contributed by atoms with Crippen LogP contribution in [0.3, 0.4) is 0 Å². The van der Waals surface area contributed by atoms with Gasteiger partial charge < -0.3 is 10.8 Å². The molecule has 0 aliphatic carbocycles. The molecule has 0 fully saturated rings. The number of hydrogen-bond acceptors (Lipinski definition) is 2. The summed E-state index contributed by atoms with van der Waals surface area (Å²) in [6, 6.07) is -1.20. The Labute approximate surface area is 60.5 Å². The Kier molecular flexibility index (Phi) is 1.37. The molecule has 0 aliphatic rings. The summed E-state index contributed by atoms with van der Waals surface area (Å²) >= 11 is 0. The molecule has 0 aromatic carbocycles. The molecular formula is C6H13NO2. The maximum absolute atomic E-state index is 10.3. The van der Waals surface area contributed by atoms with E-state index in [1.54, 1.807) is 0 Å². The van der Waals surface area contributed by atoms with Crippen LogP contribution in [0.5, 0.6) is 0 Å². The Morgan fingerprint density at radius 3 is 3.00 bits per heavy atom. The van der Waals surface area contributed by atoms with Gasteiger partial charge in [0.15, 0.2) is 0 Å². The second-order valence-electron chi connectivity index (χ2n) is 1.88. The summed E-state index contributed by atoms with van der Waals surface area (Å²) in [5, 5.41) is 8.42. The first-order chi connectivity index (χ1) is 5.79. The Balaban J connectivity index is 4.22. The lowest BCUT2D eigenvalue weighted by molar-refractivity contribution is -0.138. The van der Waals surface area contributed by atoms with E-state index in [1.165, 1.54) is 0 Å². The lowest BCUT2D eigenvalue weighted by atomic mass is 10.1. The number of hydrogen-bond donors (Lipinski definition) is 2. The predicted molar refractivity (Wildman–Crippen MR) is 35.1 cm³/mol. The Bertz CT molecular complexity index is 182. The molecule has 54 valence electrons. The van der Waals surface area contributed by atoms with Crippen LogP contribution in [0.25, 0.3) is 0 Å². The minimum absolute atomic E-state index is 0.185. The number of rotatable bonds is 3. The molecule has 0 aromatic rings. The van der Waals surface area contributed by atoms with Gasteiger partial charge in [0, 0.05) is 5.48 Å². The molecule has 0 saturated heterocycles. The van der Waals surface area contributed by atoms with Gasteiger partial charge >= 0.3 is 5.97 Å². The predicted octanol–water partition coefficient (Wildman–Crippen LogP) is 0.444. The molecule has 0 aromatic heterocycles. The number of carbonyl (C=O) groups is 1. The van der Waals surface area contributed by atoms with Crippen LogP contribution >= 0.6 is 0 Å². The van der Waals surface area contributed by atoms with Crippen molar-refractivity contribution in [2.75, 3.05) is 0 Å². The van der Waals surface area contributed by atoms with E-state index in [2.05, 4.69) is 0 Å². The van der Waals surface area contributed by atoms with Crippen molar-refractivity contribution in [3.63, 3.8) is 0 Å². The smallest absolute Gasteiger partial charge is 0.320 e. The summed E-state index contributed by atoms with van der Waals surface area (Å²) < 4.78 is 27.9. The molecule has 3 heteroatoms. The van der Waals surface area contributed by atoms with Crippen LogP contribution in [0.15, 0.2) is 0 Å². The molecule has 0 aliphatic heterocycles. The zero-order valence-corrected chi connectivity index (χ0v) is 5.00. The number of aliphatic carboxylic acids is 1. The zero-order chi connectivity index (χ0) is 10.6. The third-order valence-electron chi connectivity index (χ3n) is 0.856. The second-order valence-corrected chi connectivity index (χ2v) is 1.88. The molecule has 2 atom stereocenters. The van der Waals surface area contributed by atoms with Gasteiger partial charge in [-0.05, 0) is 12.3 Å². The third kappa shape index (κ3) is 3.97. The van der Waals surface area contributed by atoms with E-state index in [0.29, 0.717) is 0 Å². The van der Waals surface area contributed by atoms with E-state index in [4.69, 9.17) is 16.3 Å². The fourth-order valence-corrected chi connectivity index (χ4v) is 0.407. The summed E-state index contributed by atoms with van der Waals surface area (Å²) in [6.07, 6.45) is -0.185. The Morgan fingerprint density at radius 2 is 2.67 bits per heavy atom. The maximum atomic E-state index is 10.3. The topological polar surface area (TPSA) is 63.3 Å². The summed E-state index contributed by atoms with van der Waals surface area (Å²) in [6.45, 7) is -2.63. The van der Waals surface area contributed by atoms with Crippen molar-refractivity contribution in [3.05, 3.63) is 0 Å². The first-order valence-electron chi connectivity index (χ1n) is 4.77. The van der Waals surface area contributed by atoms with E-state index in [0.717, 1.165) is 0 Å². The maximum Gasteiger partial charge on any atom is 0.320 e. The zero-order valence-electron chi connectivity index (χ0n) is 9.00. The number of carboxylic acids is 1. The monoisotopic (exact) mass is 135 g/mol. The molecule has 0 radical (unpaired) electrons. The SMILES string of the molecule is [2H]CC(C[C@H](N)C(=O)O)C([2H])([2H])[2H]. The number of carboxylic acid groups (broad SMARTS) is 1. The standard InChI is InChI=1S/C6H13NO2/c1-4(2)3-5(7)6(8)9/h4-5H,3,7H2,1-2H3,(H,8,9)/t5-/m0/s1/i1D,2D3/t4?,5-. The van der Waals surface area contributed by atoms with Gasteiger partial charge in [0.2, 0.25) is 0 Å². The van der Waals surface area contributed by atoms with Gasteiger partial charge in [-0.2, -0.15) is 0 Å². The van der Waals surface area contributed by atoms with Gasteiger partial charge in [0.1, 0.15) is 6.04 Å². The van der Waals surface area contributed by atoms with Gasteiger partial charge in [0.25, 0.3) is 0 Å². The van der Waals surface area contributed by atoms with Crippen molar-refractivity contribution >= 4 is 5.97 Å². The fourth-order valence-electron chi connectivity index (χ4n) is 0.407. The van der Waals surface area contributed by atoms with Crippen LogP contribution in [0.1, 0.15) is 25.7 Å². The highest BCUT2D eigenvalue weighted by Crippen LogP contribution is 2.01. The molecular weight excluding hydrogens is 118 g/mol. The summed E-state index contributed by atoms with van der Waals surface area (Å²) in [7, 11) is 0. The molecule has 3 N–H and O–H groups in total. The molecule has 0 amide bonds. The lowest BCUT2D eigenvalue weighted by Gasteiger charge is -2.07. The van der Waals surface area contributed by atoms with Crippen molar-refractivity contribution in [1.29, 1.82) is 0 Å². The molecule has 9 heavy (non-hydrogen) atoms. The van der Waals surface area contributed by atoms with Crippen LogP contribution in [0.2, 0.25) is 0 Å². The van der Waals surface area contributed by atoms with Crippen LogP contribution in [-0.4, -0.2) is 17.1 Å². The van der Waals surface area contributed by atoms with Gasteiger partial charge in [-0.25, -0.2) is 0 Å². The minimum Gasteiger partial charge on any atom is -0.480 e. The molecule has 3 nitrogen and oxygen atoms in total. The van der Waals surface area contributed by atoms with Gasteiger partial charge in [-0.3, -0.25) is 4.79 Å². The Morgan fingerprint density at radius 1 is 2.00 bits per heavy atom. The molecule has 0 rings (SSSR count). The van der Waals surface area contributed by atoms with Gasteiger partial charge in [-0.1, -0.05) is 13.8 Å². The van der Waals surface area contributed by atoms with Crippen molar-refractivity contribution in [2.45, 2.75) is 26.2 Å². The average Bonchev–Trinajstić information content (AvgIpc) is 1.96.